The first-order valence-electron chi connectivity index (χ1n) is 5.31. The van der Waals surface area contributed by atoms with Crippen LogP contribution in [0, 0.1) is 0 Å². The topological polar surface area (TPSA) is 51.0 Å². The molecule has 0 aromatic carbocycles. The zero-order valence-electron chi connectivity index (χ0n) is 9.42. The van der Waals surface area contributed by atoms with Crippen LogP contribution in [0.2, 0.25) is 0 Å². The number of nitrogens with one attached hydrogen (secondary N) is 1. The molecule has 2 rings (SSSR count). The number of hydrogen-bond acceptors (Lipinski definition) is 4. The van der Waals surface area contributed by atoms with Gasteiger partial charge in [0.15, 0.2) is 0 Å². The number of hydrogen-bond donors (Lipinski definition) is 1. The number of furan rings is 1. The summed E-state index contributed by atoms with van der Waals surface area (Å²) >= 11 is 0. The SMILES string of the molecule is CC(NC(C)c1cnccn1)c1ccoc1. The van der Waals surface area contributed by atoms with Crippen molar-refractivity contribution in [2.24, 2.45) is 0 Å². The van der Waals surface area contributed by atoms with Crippen LogP contribution in [-0.2, 0) is 0 Å². The van der Waals surface area contributed by atoms with Crippen LogP contribution >= 0.6 is 0 Å². The molecular weight excluding hydrogens is 202 g/mol. The first-order chi connectivity index (χ1) is 7.77. The predicted octanol–water partition coefficient (Wildman–Crippen LogP) is 2.48. The quantitative estimate of drug-likeness (QED) is 0.854. The molecule has 0 aliphatic rings. The lowest BCUT2D eigenvalue weighted by Gasteiger charge is -2.18. The highest BCUT2D eigenvalue weighted by molar-refractivity contribution is 5.12. The van der Waals surface area contributed by atoms with Crippen molar-refractivity contribution < 1.29 is 4.42 Å². The molecule has 84 valence electrons. The summed E-state index contributed by atoms with van der Waals surface area (Å²) in [6, 6.07) is 2.36. The van der Waals surface area contributed by atoms with Gasteiger partial charge in [-0.3, -0.25) is 9.97 Å². The molecule has 0 saturated heterocycles. The van der Waals surface area contributed by atoms with Crippen molar-refractivity contribution in [3.8, 4) is 0 Å². The fraction of sp³-hybridized carbons (Fsp3) is 0.333. The molecule has 0 fully saturated rings. The maximum atomic E-state index is 5.05. The van der Waals surface area contributed by atoms with Gasteiger partial charge in [0.1, 0.15) is 0 Å². The van der Waals surface area contributed by atoms with E-state index in [0.29, 0.717) is 0 Å². The summed E-state index contributed by atoms with van der Waals surface area (Å²) in [5.74, 6) is 0. The molecule has 4 nitrogen and oxygen atoms in total. The highest BCUT2D eigenvalue weighted by Crippen LogP contribution is 2.17. The Morgan fingerprint density at radius 3 is 2.75 bits per heavy atom. The molecule has 0 amide bonds. The third-order valence-corrected chi connectivity index (χ3v) is 2.57. The van der Waals surface area contributed by atoms with Crippen LogP contribution in [0.25, 0.3) is 0 Å². The standard InChI is InChI=1S/C12H15N3O/c1-9(11-3-6-16-8-11)15-10(2)12-7-13-4-5-14-12/h3-10,15H,1-2H3. The monoisotopic (exact) mass is 217 g/mol. The first-order valence-corrected chi connectivity index (χ1v) is 5.31. The molecule has 2 aromatic rings. The van der Waals surface area contributed by atoms with Gasteiger partial charge in [0.2, 0.25) is 0 Å². The summed E-state index contributed by atoms with van der Waals surface area (Å²) in [6.07, 6.45) is 8.59. The normalized spacial score (nSPS) is 14.6. The van der Waals surface area contributed by atoms with E-state index in [0.717, 1.165) is 11.3 Å². The van der Waals surface area contributed by atoms with Gasteiger partial charge >= 0.3 is 0 Å². The Labute approximate surface area is 94.7 Å². The second kappa shape index (κ2) is 4.90. The fourth-order valence-electron chi connectivity index (χ4n) is 1.61. The average Bonchev–Trinajstić information content (AvgIpc) is 2.83. The predicted molar refractivity (Wildman–Crippen MR) is 60.7 cm³/mol. The van der Waals surface area contributed by atoms with Gasteiger partial charge in [-0.15, -0.1) is 0 Å². The van der Waals surface area contributed by atoms with Crippen molar-refractivity contribution in [1.82, 2.24) is 15.3 Å². The van der Waals surface area contributed by atoms with Gasteiger partial charge in [-0.05, 0) is 19.9 Å². The summed E-state index contributed by atoms with van der Waals surface area (Å²) in [5.41, 5.74) is 2.08. The van der Waals surface area contributed by atoms with Crippen molar-refractivity contribution in [3.63, 3.8) is 0 Å². The minimum Gasteiger partial charge on any atom is -0.472 e. The molecule has 4 heteroatoms. The minimum absolute atomic E-state index is 0.165. The van der Waals surface area contributed by atoms with Crippen molar-refractivity contribution in [3.05, 3.63) is 48.4 Å². The van der Waals surface area contributed by atoms with Crippen molar-refractivity contribution >= 4 is 0 Å². The van der Waals surface area contributed by atoms with Gasteiger partial charge in [-0.25, -0.2) is 0 Å². The van der Waals surface area contributed by atoms with Gasteiger partial charge in [0.05, 0.1) is 18.2 Å². The van der Waals surface area contributed by atoms with Gasteiger partial charge in [-0.1, -0.05) is 0 Å². The summed E-state index contributed by atoms with van der Waals surface area (Å²) in [6.45, 7) is 4.16. The Balaban J connectivity index is 2.00. The van der Waals surface area contributed by atoms with Gasteiger partial charge in [0.25, 0.3) is 0 Å². The van der Waals surface area contributed by atoms with Crippen LogP contribution in [0.4, 0.5) is 0 Å². The molecule has 1 N–H and O–H groups in total. The molecule has 0 bridgehead atoms. The molecule has 0 saturated carbocycles. The fourth-order valence-corrected chi connectivity index (χ4v) is 1.61. The van der Waals surface area contributed by atoms with Crippen LogP contribution in [0.3, 0.4) is 0 Å². The molecule has 0 radical (unpaired) electrons. The molecule has 0 aliphatic carbocycles. The average molecular weight is 217 g/mol. The zero-order valence-corrected chi connectivity index (χ0v) is 9.42. The van der Waals surface area contributed by atoms with Crippen molar-refractivity contribution in [2.45, 2.75) is 25.9 Å². The van der Waals surface area contributed by atoms with Crippen molar-refractivity contribution in [1.29, 1.82) is 0 Å². The minimum atomic E-state index is 0.165. The van der Waals surface area contributed by atoms with E-state index in [1.807, 2.05) is 6.07 Å². The number of rotatable bonds is 4. The van der Waals surface area contributed by atoms with E-state index in [4.69, 9.17) is 4.42 Å². The highest BCUT2D eigenvalue weighted by Gasteiger charge is 2.12. The highest BCUT2D eigenvalue weighted by atomic mass is 16.3. The number of nitrogens with zero attached hydrogens (tertiary/aromatic N) is 2. The summed E-state index contributed by atoms with van der Waals surface area (Å²) in [4.78, 5) is 8.32. The first kappa shape index (κ1) is 10.8. The molecule has 2 aromatic heterocycles. The van der Waals surface area contributed by atoms with Crippen LogP contribution in [0.15, 0.2) is 41.6 Å². The number of aromatic nitrogens is 2. The second-order valence-corrected chi connectivity index (χ2v) is 3.80. The van der Waals surface area contributed by atoms with Crippen LogP contribution in [0.5, 0.6) is 0 Å². The van der Waals surface area contributed by atoms with E-state index >= 15 is 0 Å². The Hall–Kier alpha value is -1.68. The Kier molecular flexibility index (Phi) is 3.31. The summed E-state index contributed by atoms with van der Waals surface area (Å²) in [7, 11) is 0. The second-order valence-electron chi connectivity index (χ2n) is 3.80. The maximum absolute atomic E-state index is 5.05. The van der Waals surface area contributed by atoms with Gasteiger partial charge in [0, 0.05) is 36.2 Å². The molecule has 0 aliphatic heterocycles. The van der Waals surface area contributed by atoms with Crippen molar-refractivity contribution in [2.75, 3.05) is 0 Å². The lowest BCUT2D eigenvalue weighted by atomic mass is 10.1. The van der Waals surface area contributed by atoms with Crippen LogP contribution < -0.4 is 5.32 Å². The molecule has 2 unspecified atom stereocenters. The molecular formula is C12H15N3O. The molecule has 0 spiro atoms. The maximum Gasteiger partial charge on any atom is 0.0950 e. The lowest BCUT2D eigenvalue weighted by molar-refractivity contribution is 0.478. The van der Waals surface area contributed by atoms with Gasteiger partial charge in [-0.2, -0.15) is 0 Å². The Bertz CT molecular complexity index is 413. The van der Waals surface area contributed by atoms with E-state index in [-0.39, 0.29) is 12.1 Å². The third-order valence-electron chi connectivity index (χ3n) is 2.57. The molecule has 2 heterocycles. The Morgan fingerprint density at radius 1 is 1.25 bits per heavy atom. The van der Waals surface area contributed by atoms with E-state index in [1.165, 1.54) is 0 Å². The van der Waals surface area contributed by atoms with E-state index < -0.39 is 0 Å². The summed E-state index contributed by atoms with van der Waals surface area (Å²) < 4.78 is 5.05. The van der Waals surface area contributed by atoms with E-state index in [2.05, 4.69) is 29.1 Å². The van der Waals surface area contributed by atoms with E-state index in [1.54, 1.807) is 31.1 Å². The zero-order chi connectivity index (χ0) is 11.4. The molecule has 2 atom stereocenters. The largest absolute Gasteiger partial charge is 0.472 e. The smallest absolute Gasteiger partial charge is 0.0950 e. The summed E-state index contributed by atoms with van der Waals surface area (Å²) in [5, 5.41) is 3.44. The van der Waals surface area contributed by atoms with Gasteiger partial charge < -0.3 is 9.73 Å². The van der Waals surface area contributed by atoms with E-state index in [9.17, 15) is 0 Å². The van der Waals surface area contributed by atoms with Crippen LogP contribution in [-0.4, -0.2) is 9.97 Å². The third kappa shape index (κ3) is 2.46. The van der Waals surface area contributed by atoms with Crippen LogP contribution in [0.1, 0.15) is 37.2 Å². The molecule has 16 heavy (non-hydrogen) atoms. The Morgan fingerprint density at radius 2 is 2.12 bits per heavy atom. The lowest BCUT2D eigenvalue weighted by Crippen LogP contribution is -2.22.